The molecule has 7 nitrogen and oxygen atoms in total. The number of anilines is 3. The van der Waals surface area contributed by atoms with E-state index in [9.17, 15) is 9.90 Å². The van der Waals surface area contributed by atoms with E-state index in [1.54, 1.807) is 12.1 Å². The molecule has 0 atom stereocenters. The average molecular weight is 516 g/mol. The molecule has 1 amide bonds. The summed E-state index contributed by atoms with van der Waals surface area (Å²) in [5, 5.41) is 16.6. The highest BCUT2D eigenvalue weighted by atomic mass is 16.3. The molecule has 2 heterocycles. The van der Waals surface area contributed by atoms with Crippen molar-refractivity contribution in [1.82, 2.24) is 14.9 Å². The Kier molecular flexibility index (Phi) is 6.99. The molecule has 5 aromatic rings. The average Bonchev–Trinajstić information content (AvgIpc) is 2.98. The van der Waals surface area contributed by atoms with Crippen LogP contribution >= 0.6 is 0 Å². The minimum atomic E-state index is -0.152. The third kappa shape index (κ3) is 5.36. The maximum Gasteiger partial charge on any atom is 0.255 e. The van der Waals surface area contributed by atoms with Crippen molar-refractivity contribution < 1.29 is 9.90 Å². The number of benzene rings is 4. The number of hydrogen-bond donors (Lipinski definition) is 3. The first-order valence-corrected chi connectivity index (χ1v) is 13.1. The van der Waals surface area contributed by atoms with Gasteiger partial charge in [0.1, 0.15) is 0 Å². The smallest absolute Gasteiger partial charge is 0.255 e. The summed E-state index contributed by atoms with van der Waals surface area (Å²) >= 11 is 0. The van der Waals surface area contributed by atoms with Crippen LogP contribution in [0, 0.1) is 0 Å². The number of carbonyl (C=O) groups is 1. The number of carbonyl (C=O) groups excluding carboxylic acids is 1. The van der Waals surface area contributed by atoms with Crippen LogP contribution in [-0.4, -0.2) is 45.6 Å². The molecular weight excluding hydrogens is 486 g/mol. The summed E-state index contributed by atoms with van der Waals surface area (Å²) in [7, 11) is 0. The van der Waals surface area contributed by atoms with Gasteiger partial charge in [0.05, 0.1) is 17.8 Å². The molecule has 1 aromatic heterocycles. The molecule has 39 heavy (non-hydrogen) atoms. The summed E-state index contributed by atoms with van der Waals surface area (Å²) in [5.41, 5.74) is 7.32. The number of nitrogens with one attached hydrogen (secondary N) is 2. The third-order valence-electron chi connectivity index (χ3n) is 7.06. The Morgan fingerprint density at radius 3 is 2.49 bits per heavy atom. The number of nitrogens with zero attached hydrogens (tertiary/aromatic N) is 3. The lowest BCUT2D eigenvalue weighted by Gasteiger charge is -2.29. The molecule has 0 aliphatic carbocycles. The molecule has 0 saturated heterocycles. The number of β-amino-alcohol motifs (C(OH)–C–C–N with tert-alkyl or cyclic N) is 1. The van der Waals surface area contributed by atoms with E-state index in [1.165, 1.54) is 11.1 Å². The van der Waals surface area contributed by atoms with Gasteiger partial charge in [-0.2, -0.15) is 0 Å². The van der Waals surface area contributed by atoms with Crippen molar-refractivity contribution in [2.75, 3.05) is 30.3 Å². The fourth-order valence-corrected chi connectivity index (χ4v) is 5.09. The lowest BCUT2D eigenvalue weighted by atomic mass is 9.97. The van der Waals surface area contributed by atoms with Crippen LogP contribution in [0.4, 0.5) is 17.3 Å². The second-order valence-corrected chi connectivity index (χ2v) is 9.63. The molecule has 194 valence electrons. The molecule has 4 aromatic carbocycles. The summed E-state index contributed by atoms with van der Waals surface area (Å²) < 4.78 is 0. The number of aromatic nitrogens is 2. The molecule has 1 aliphatic rings. The predicted molar refractivity (Wildman–Crippen MR) is 155 cm³/mol. The molecule has 1 aliphatic heterocycles. The SMILES string of the molecule is O=C(Nc1cccc2c1CCN(CCO)C2)c1ccc(Nc2nc(-c3ccccc3)c3ccccc3n2)cc1. The third-order valence-corrected chi connectivity index (χ3v) is 7.06. The van der Waals surface area contributed by atoms with E-state index in [1.807, 2.05) is 78.9 Å². The molecule has 0 bridgehead atoms. The Morgan fingerprint density at radius 1 is 0.872 bits per heavy atom. The highest BCUT2D eigenvalue weighted by molar-refractivity contribution is 6.05. The Bertz CT molecular complexity index is 1620. The van der Waals surface area contributed by atoms with Crippen molar-refractivity contribution in [3.63, 3.8) is 0 Å². The molecule has 0 fully saturated rings. The fourth-order valence-electron chi connectivity index (χ4n) is 5.09. The Balaban J connectivity index is 1.19. The van der Waals surface area contributed by atoms with E-state index in [4.69, 9.17) is 9.97 Å². The fraction of sp³-hybridized carbons (Fsp3) is 0.156. The maximum atomic E-state index is 13.1. The number of fused-ring (bicyclic) bond motifs is 2. The van der Waals surface area contributed by atoms with Crippen LogP contribution in [0.2, 0.25) is 0 Å². The van der Waals surface area contributed by atoms with Gasteiger partial charge in [0.15, 0.2) is 0 Å². The second kappa shape index (κ2) is 11.0. The number of aliphatic hydroxyl groups excluding tert-OH is 1. The normalized spacial score (nSPS) is 13.2. The largest absolute Gasteiger partial charge is 0.395 e. The number of aliphatic hydroxyl groups is 1. The van der Waals surface area contributed by atoms with Crippen molar-refractivity contribution in [2.45, 2.75) is 13.0 Å². The van der Waals surface area contributed by atoms with Crippen LogP contribution in [0.25, 0.3) is 22.2 Å². The van der Waals surface area contributed by atoms with Gasteiger partial charge in [0.2, 0.25) is 5.95 Å². The minimum absolute atomic E-state index is 0.151. The topological polar surface area (TPSA) is 90.4 Å². The zero-order valence-corrected chi connectivity index (χ0v) is 21.5. The van der Waals surface area contributed by atoms with Crippen LogP contribution < -0.4 is 10.6 Å². The van der Waals surface area contributed by atoms with Crippen LogP contribution in [0.1, 0.15) is 21.5 Å². The molecular formula is C32H29N5O2. The summed E-state index contributed by atoms with van der Waals surface area (Å²) in [5.74, 6) is 0.344. The molecule has 0 unspecified atom stereocenters. The van der Waals surface area contributed by atoms with Gasteiger partial charge < -0.3 is 15.7 Å². The van der Waals surface area contributed by atoms with E-state index >= 15 is 0 Å². The minimum Gasteiger partial charge on any atom is -0.395 e. The van der Waals surface area contributed by atoms with Crippen molar-refractivity contribution >= 4 is 34.1 Å². The van der Waals surface area contributed by atoms with E-state index < -0.39 is 0 Å². The highest BCUT2D eigenvalue weighted by Gasteiger charge is 2.19. The van der Waals surface area contributed by atoms with E-state index in [-0.39, 0.29) is 12.5 Å². The molecule has 0 saturated carbocycles. The number of hydrogen-bond acceptors (Lipinski definition) is 6. The van der Waals surface area contributed by atoms with Crippen molar-refractivity contribution in [1.29, 1.82) is 0 Å². The molecule has 6 rings (SSSR count). The predicted octanol–water partition coefficient (Wildman–Crippen LogP) is 5.64. The van der Waals surface area contributed by atoms with Gasteiger partial charge in [-0.3, -0.25) is 9.69 Å². The van der Waals surface area contributed by atoms with Crippen LogP contribution in [0.15, 0.2) is 97.1 Å². The first-order chi connectivity index (χ1) is 19.2. The summed E-state index contributed by atoms with van der Waals surface area (Å²) in [6, 6.07) is 31.4. The Labute approximate surface area is 227 Å². The first-order valence-electron chi connectivity index (χ1n) is 13.1. The molecule has 3 N–H and O–H groups in total. The lowest BCUT2D eigenvalue weighted by Crippen LogP contribution is -2.33. The molecule has 7 heteroatoms. The van der Waals surface area contributed by atoms with E-state index in [2.05, 4.69) is 21.6 Å². The van der Waals surface area contributed by atoms with Crippen LogP contribution in [0.5, 0.6) is 0 Å². The zero-order chi connectivity index (χ0) is 26.6. The zero-order valence-electron chi connectivity index (χ0n) is 21.5. The van der Waals surface area contributed by atoms with Gasteiger partial charge in [0, 0.05) is 47.5 Å². The van der Waals surface area contributed by atoms with Gasteiger partial charge in [-0.05, 0) is 53.9 Å². The lowest BCUT2D eigenvalue weighted by molar-refractivity contribution is 0.102. The van der Waals surface area contributed by atoms with Gasteiger partial charge in [-0.15, -0.1) is 0 Å². The summed E-state index contributed by atoms with van der Waals surface area (Å²) in [6.07, 6.45) is 0.839. The van der Waals surface area contributed by atoms with Crippen molar-refractivity contribution in [2.24, 2.45) is 0 Å². The second-order valence-electron chi connectivity index (χ2n) is 9.63. The van der Waals surface area contributed by atoms with Gasteiger partial charge in [-0.1, -0.05) is 60.7 Å². The Hall–Kier alpha value is -4.59. The van der Waals surface area contributed by atoms with Gasteiger partial charge in [-0.25, -0.2) is 9.97 Å². The molecule has 0 spiro atoms. The summed E-state index contributed by atoms with van der Waals surface area (Å²) in [4.78, 5) is 24.8. The Morgan fingerprint density at radius 2 is 1.67 bits per heavy atom. The number of amides is 1. The van der Waals surface area contributed by atoms with E-state index in [0.717, 1.165) is 53.0 Å². The van der Waals surface area contributed by atoms with Crippen LogP contribution in [0.3, 0.4) is 0 Å². The van der Waals surface area contributed by atoms with Crippen molar-refractivity contribution in [3.8, 4) is 11.3 Å². The number of rotatable bonds is 7. The van der Waals surface area contributed by atoms with Crippen LogP contribution in [-0.2, 0) is 13.0 Å². The molecule has 0 radical (unpaired) electrons. The maximum absolute atomic E-state index is 13.1. The monoisotopic (exact) mass is 515 g/mol. The first kappa shape index (κ1) is 24.7. The van der Waals surface area contributed by atoms with Gasteiger partial charge in [0.25, 0.3) is 5.91 Å². The van der Waals surface area contributed by atoms with E-state index in [0.29, 0.717) is 18.1 Å². The highest BCUT2D eigenvalue weighted by Crippen LogP contribution is 2.29. The van der Waals surface area contributed by atoms with Crippen molar-refractivity contribution in [3.05, 3.63) is 114 Å². The standard InChI is InChI=1S/C32H29N5O2/c38-20-19-37-18-17-26-24(21-37)9-6-12-28(26)34-31(39)23-13-15-25(16-14-23)33-32-35-29-11-5-4-10-27(29)30(36-32)22-7-2-1-3-8-22/h1-16,38H,17-21H2,(H,34,39)(H,33,35,36). The summed E-state index contributed by atoms with van der Waals surface area (Å²) in [6.45, 7) is 2.46. The van der Waals surface area contributed by atoms with Gasteiger partial charge >= 0.3 is 0 Å². The quantitative estimate of drug-likeness (QED) is 0.260. The number of para-hydroxylation sites is 1.